The molecule has 3 aromatic rings. The number of rotatable bonds is 4. The molecule has 29 heavy (non-hydrogen) atoms. The number of nitrogens with zero attached hydrogens (tertiary/aromatic N) is 3. The van der Waals surface area contributed by atoms with E-state index in [9.17, 15) is 0 Å². The number of aromatic amines is 1. The van der Waals surface area contributed by atoms with Crippen LogP contribution in [0, 0.1) is 0 Å². The van der Waals surface area contributed by atoms with Crippen LogP contribution in [0.5, 0.6) is 0 Å². The second-order valence-corrected chi connectivity index (χ2v) is 9.41. The fourth-order valence-corrected chi connectivity index (χ4v) is 4.39. The Morgan fingerprint density at radius 1 is 0.966 bits per heavy atom. The largest absolute Gasteiger partial charge is 0.204 e. The van der Waals surface area contributed by atoms with Crippen LogP contribution in [0.2, 0.25) is 0 Å². The Kier molecular flexibility index (Phi) is 4.89. The molecule has 4 nitrogen and oxygen atoms in total. The first kappa shape index (κ1) is 19.6. The zero-order valence-electron chi connectivity index (χ0n) is 18.1. The Hall–Kier alpha value is -2.75. The van der Waals surface area contributed by atoms with Crippen molar-refractivity contribution in [3.63, 3.8) is 0 Å². The number of benzene rings is 2. The summed E-state index contributed by atoms with van der Waals surface area (Å²) >= 11 is 0. The van der Waals surface area contributed by atoms with Crippen molar-refractivity contribution in [1.29, 1.82) is 0 Å². The van der Waals surface area contributed by atoms with Gasteiger partial charge in [0, 0.05) is 5.56 Å². The molecule has 150 valence electrons. The minimum Gasteiger partial charge on any atom is -0.177 e. The molecule has 1 N–H and O–H groups in total. The molecule has 1 aliphatic carbocycles. The number of allylic oxidation sites excluding steroid dienone is 1. The van der Waals surface area contributed by atoms with E-state index in [0.29, 0.717) is 5.82 Å². The average molecular weight is 387 g/mol. The van der Waals surface area contributed by atoms with Gasteiger partial charge in [0.15, 0.2) is 0 Å². The molecule has 0 radical (unpaired) electrons. The third kappa shape index (κ3) is 3.76. The van der Waals surface area contributed by atoms with Crippen LogP contribution in [-0.4, -0.2) is 20.6 Å². The zero-order chi connectivity index (χ0) is 20.6. The van der Waals surface area contributed by atoms with Crippen LogP contribution in [0.3, 0.4) is 0 Å². The molecule has 4 rings (SSSR count). The summed E-state index contributed by atoms with van der Waals surface area (Å²) in [6.07, 6.45) is 5.77. The van der Waals surface area contributed by atoms with Gasteiger partial charge in [-0.3, -0.25) is 0 Å². The maximum atomic E-state index is 4.04. The lowest BCUT2D eigenvalue weighted by Gasteiger charge is -2.42. The fourth-order valence-electron chi connectivity index (χ4n) is 4.39. The summed E-state index contributed by atoms with van der Waals surface area (Å²) in [5, 5.41) is 14.2. The highest BCUT2D eigenvalue weighted by Crippen LogP contribution is 2.46. The van der Waals surface area contributed by atoms with Crippen LogP contribution >= 0.6 is 0 Å². The van der Waals surface area contributed by atoms with Gasteiger partial charge in [0.2, 0.25) is 5.82 Å². The number of hydrogen-bond acceptors (Lipinski definition) is 3. The van der Waals surface area contributed by atoms with Crippen molar-refractivity contribution >= 4 is 11.6 Å². The number of aromatic nitrogens is 4. The summed E-state index contributed by atoms with van der Waals surface area (Å²) in [6, 6.07) is 15.4. The third-order valence-corrected chi connectivity index (χ3v) is 6.46. The van der Waals surface area contributed by atoms with E-state index in [0.717, 1.165) is 12.0 Å². The molecular weight excluding hydrogens is 356 g/mol. The minimum atomic E-state index is 0.228. The maximum absolute atomic E-state index is 4.04. The number of H-pyrrole nitrogens is 1. The number of fused-ring (bicyclic) bond motifs is 1. The molecule has 0 fully saturated rings. The molecule has 0 atom stereocenters. The molecule has 0 unspecified atom stereocenters. The molecule has 0 aliphatic heterocycles. The van der Waals surface area contributed by atoms with E-state index in [2.05, 4.69) is 91.7 Å². The van der Waals surface area contributed by atoms with Gasteiger partial charge in [-0.2, -0.15) is 5.21 Å². The van der Waals surface area contributed by atoms with Crippen LogP contribution < -0.4 is 0 Å². The summed E-state index contributed by atoms with van der Waals surface area (Å²) < 4.78 is 0. The van der Waals surface area contributed by atoms with E-state index in [-0.39, 0.29) is 10.8 Å². The van der Waals surface area contributed by atoms with Crippen molar-refractivity contribution in [2.45, 2.75) is 64.7 Å². The van der Waals surface area contributed by atoms with Gasteiger partial charge < -0.3 is 0 Å². The Labute approximate surface area is 173 Å². The molecule has 1 heterocycles. The van der Waals surface area contributed by atoms with Gasteiger partial charge in [-0.05, 0) is 63.1 Å². The lowest BCUT2D eigenvalue weighted by Crippen LogP contribution is -2.33. The molecule has 0 saturated heterocycles. The van der Waals surface area contributed by atoms with Crippen LogP contribution in [0.1, 0.15) is 76.1 Å². The fraction of sp³-hybridized carbons (Fsp3) is 0.400. The molecule has 1 aromatic heterocycles. The third-order valence-electron chi connectivity index (χ3n) is 6.46. The van der Waals surface area contributed by atoms with Gasteiger partial charge in [-0.1, -0.05) is 83.2 Å². The zero-order valence-corrected chi connectivity index (χ0v) is 18.1. The van der Waals surface area contributed by atoms with E-state index < -0.39 is 0 Å². The van der Waals surface area contributed by atoms with Crippen molar-refractivity contribution in [3.8, 4) is 11.4 Å². The highest BCUT2D eigenvalue weighted by molar-refractivity contribution is 5.82. The van der Waals surface area contributed by atoms with E-state index >= 15 is 0 Å². The molecule has 0 saturated carbocycles. The predicted molar refractivity (Wildman–Crippen MR) is 120 cm³/mol. The Bertz CT molecular complexity index is 1030. The van der Waals surface area contributed by atoms with E-state index in [1.807, 2.05) is 12.1 Å². The lowest BCUT2D eigenvalue weighted by molar-refractivity contribution is 0.332. The predicted octanol–water partition coefficient (Wildman–Crippen LogP) is 6.17. The standard InChI is InChI=1S/C25H30N4/c1-6-18(15-17-7-9-19(10-8-17)23-26-28-29-27-23)20-11-12-21-22(16-20)25(4,5)14-13-24(21,2)3/h7-12,15-16H,6,13-14H2,1-5H3,(H,26,27,28,29). The van der Waals surface area contributed by atoms with E-state index in [1.165, 1.54) is 40.7 Å². The lowest BCUT2D eigenvalue weighted by atomic mass is 9.63. The summed E-state index contributed by atoms with van der Waals surface area (Å²) in [7, 11) is 0. The van der Waals surface area contributed by atoms with Crippen LogP contribution in [0.15, 0.2) is 42.5 Å². The number of nitrogens with one attached hydrogen (secondary N) is 1. The Morgan fingerprint density at radius 3 is 2.28 bits per heavy atom. The Balaban J connectivity index is 1.69. The highest BCUT2D eigenvalue weighted by atomic mass is 15.5. The first-order chi connectivity index (χ1) is 13.8. The number of tetrazole rings is 1. The summed E-state index contributed by atoms with van der Waals surface area (Å²) in [5.74, 6) is 0.621. The van der Waals surface area contributed by atoms with Crippen LogP contribution in [0.4, 0.5) is 0 Å². The monoisotopic (exact) mass is 386 g/mol. The normalized spacial score (nSPS) is 17.8. The minimum absolute atomic E-state index is 0.228. The smallest absolute Gasteiger partial charge is 0.177 e. The molecule has 4 heteroatoms. The van der Waals surface area contributed by atoms with Gasteiger partial charge in [-0.15, -0.1) is 10.2 Å². The molecule has 0 bridgehead atoms. The second-order valence-electron chi connectivity index (χ2n) is 9.41. The molecule has 1 aliphatic rings. The molecular formula is C25H30N4. The van der Waals surface area contributed by atoms with E-state index in [4.69, 9.17) is 0 Å². The van der Waals surface area contributed by atoms with Gasteiger partial charge in [0.1, 0.15) is 0 Å². The van der Waals surface area contributed by atoms with Gasteiger partial charge in [-0.25, -0.2) is 0 Å². The van der Waals surface area contributed by atoms with Crippen molar-refractivity contribution in [1.82, 2.24) is 20.6 Å². The van der Waals surface area contributed by atoms with Crippen molar-refractivity contribution in [3.05, 3.63) is 64.7 Å². The van der Waals surface area contributed by atoms with Gasteiger partial charge in [0.25, 0.3) is 0 Å². The van der Waals surface area contributed by atoms with Crippen molar-refractivity contribution in [2.24, 2.45) is 0 Å². The SMILES string of the molecule is CCC(=Cc1ccc(-c2nn[nH]n2)cc1)c1ccc2c(c1)C(C)(C)CCC2(C)C. The molecule has 0 amide bonds. The highest BCUT2D eigenvalue weighted by Gasteiger charge is 2.36. The van der Waals surface area contributed by atoms with Crippen LogP contribution in [0.25, 0.3) is 23.0 Å². The summed E-state index contributed by atoms with van der Waals surface area (Å²) in [5.41, 5.74) is 8.35. The molecule has 2 aromatic carbocycles. The first-order valence-electron chi connectivity index (χ1n) is 10.5. The second kappa shape index (κ2) is 7.25. The molecule has 0 spiro atoms. The topological polar surface area (TPSA) is 54.5 Å². The van der Waals surface area contributed by atoms with Crippen molar-refractivity contribution < 1.29 is 0 Å². The number of hydrogen-bond donors (Lipinski definition) is 1. The maximum Gasteiger partial charge on any atom is 0.204 e. The van der Waals surface area contributed by atoms with E-state index in [1.54, 1.807) is 0 Å². The summed E-state index contributed by atoms with van der Waals surface area (Å²) in [4.78, 5) is 0. The first-order valence-corrected chi connectivity index (χ1v) is 10.5. The average Bonchev–Trinajstić information content (AvgIpc) is 3.25. The van der Waals surface area contributed by atoms with Crippen molar-refractivity contribution in [2.75, 3.05) is 0 Å². The summed E-state index contributed by atoms with van der Waals surface area (Å²) in [6.45, 7) is 11.8. The van der Waals surface area contributed by atoms with Gasteiger partial charge >= 0.3 is 0 Å². The quantitative estimate of drug-likeness (QED) is 0.546. The van der Waals surface area contributed by atoms with Crippen LogP contribution in [-0.2, 0) is 10.8 Å². The Morgan fingerprint density at radius 2 is 1.66 bits per heavy atom. The van der Waals surface area contributed by atoms with Gasteiger partial charge in [0.05, 0.1) is 0 Å².